The van der Waals surface area contributed by atoms with Gasteiger partial charge < -0.3 is 19.7 Å². The number of hydrogen-bond acceptors (Lipinski definition) is 6. The molecule has 0 aromatic heterocycles. The SMILES string of the molecule is COC(=O)c1ccc(C(=O)NC(=S)Nc2ccccc2C(=O)N2CCOCC2)cc1. The van der Waals surface area contributed by atoms with Crippen molar-refractivity contribution in [1.82, 2.24) is 10.2 Å². The van der Waals surface area contributed by atoms with E-state index in [-0.39, 0.29) is 11.0 Å². The quantitative estimate of drug-likeness (QED) is 0.570. The Balaban J connectivity index is 1.65. The van der Waals surface area contributed by atoms with Crippen LogP contribution in [0.15, 0.2) is 48.5 Å². The fraction of sp³-hybridized carbons (Fsp3) is 0.238. The van der Waals surface area contributed by atoms with Crippen LogP contribution in [0, 0.1) is 0 Å². The smallest absolute Gasteiger partial charge is 0.337 e. The number of para-hydroxylation sites is 1. The zero-order chi connectivity index (χ0) is 21.5. The molecule has 0 bridgehead atoms. The third kappa shape index (κ3) is 5.19. The summed E-state index contributed by atoms with van der Waals surface area (Å²) in [5.41, 5.74) is 1.62. The lowest BCUT2D eigenvalue weighted by Crippen LogP contribution is -2.41. The summed E-state index contributed by atoms with van der Waals surface area (Å²) in [6, 6.07) is 13.0. The number of ether oxygens (including phenoxy) is 2. The van der Waals surface area contributed by atoms with Gasteiger partial charge in [0.15, 0.2) is 5.11 Å². The topological polar surface area (TPSA) is 97.0 Å². The molecule has 1 aliphatic heterocycles. The summed E-state index contributed by atoms with van der Waals surface area (Å²) >= 11 is 5.24. The highest BCUT2D eigenvalue weighted by molar-refractivity contribution is 7.80. The number of carbonyl (C=O) groups excluding carboxylic acids is 3. The van der Waals surface area contributed by atoms with E-state index in [0.29, 0.717) is 48.7 Å². The highest BCUT2D eigenvalue weighted by Crippen LogP contribution is 2.18. The number of esters is 1. The number of nitrogens with one attached hydrogen (secondary N) is 2. The molecule has 1 fully saturated rings. The van der Waals surface area contributed by atoms with Crippen LogP contribution < -0.4 is 10.6 Å². The third-order valence-corrected chi connectivity index (χ3v) is 4.70. The van der Waals surface area contributed by atoms with Crippen LogP contribution in [0.5, 0.6) is 0 Å². The summed E-state index contributed by atoms with van der Waals surface area (Å²) in [5.74, 6) is -1.06. The lowest BCUT2D eigenvalue weighted by Gasteiger charge is -2.27. The van der Waals surface area contributed by atoms with E-state index in [2.05, 4.69) is 15.4 Å². The Bertz CT molecular complexity index is 955. The molecule has 0 radical (unpaired) electrons. The van der Waals surface area contributed by atoms with Gasteiger partial charge in [-0.1, -0.05) is 12.1 Å². The largest absolute Gasteiger partial charge is 0.465 e. The van der Waals surface area contributed by atoms with Crippen LogP contribution in [-0.4, -0.2) is 61.2 Å². The second-order valence-corrected chi connectivity index (χ2v) is 6.84. The number of amides is 2. The molecule has 3 rings (SSSR count). The first kappa shape index (κ1) is 21.4. The Morgan fingerprint density at radius 2 is 1.63 bits per heavy atom. The first-order valence-electron chi connectivity index (χ1n) is 9.26. The maximum Gasteiger partial charge on any atom is 0.337 e. The maximum absolute atomic E-state index is 12.8. The van der Waals surface area contributed by atoms with Gasteiger partial charge in [0.05, 0.1) is 37.1 Å². The number of benzene rings is 2. The Morgan fingerprint density at radius 3 is 2.30 bits per heavy atom. The van der Waals surface area contributed by atoms with Crippen molar-refractivity contribution in [3.8, 4) is 0 Å². The number of methoxy groups -OCH3 is 1. The molecule has 8 nitrogen and oxygen atoms in total. The van der Waals surface area contributed by atoms with Crippen LogP contribution in [0.4, 0.5) is 5.69 Å². The third-order valence-electron chi connectivity index (χ3n) is 4.50. The Morgan fingerprint density at radius 1 is 1.00 bits per heavy atom. The van der Waals surface area contributed by atoms with Crippen LogP contribution in [0.2, 0.25) is 0 Å². The molecule has 2 aromatic carbocycles. The maximum atomic E-state index is 12.8. The standard InChI is InChI=1S/C21H21N3O5S/c1-28-20(27)15-8-6-14(7-9-15)18(25)23-21(30)22-17-5-3-2-4-16(17)19(26)24-10-12-29-13-11-24/h2-9H,10-13H2,1H3,(H2,22,23,25,30). The number of hydrogen-bond donors (Lipinski definition) is 2. The van der Waals surface area contributed by atoms with Crippen molar-refractivity contribution in [2.75, 3.05) is 38.7 Å². The predicted octanol–water partition coefficient (Wildman–Crippen LogP) is 2.07. The molecule has 1 heterocycles. The molecule has 0 aliphatic carbocycles. The molecule has 9 heteroatoms. The molecule has 0 atom stereocenters. The summed E-state index contributed by atoms with van der Waals surface area (Å²) in [6.07, 6.45) is 0. The van der Waals surface area contributed by atoms with Crippen molar-refractivity contribution in [2.45, 2.75) is 0 Å². The molecular formula is C21H21N3O5S. The average molecular weight is 427 g/mol. The van der Waals surface area contributed by atoms with Gasteiger partial charge in [-0.25, -0.2) is 4.79 Å². The van der Waals surface area contributed by atoms with Crippen LogP contribution in [-0.2, 0) is 9.47 Å². The molecule has 30 heavy (non-hydrogen) atoms. The van der Waals surface area contributed by atoms with Crippen LogP contribution >= 0.6 is 12.2 Å². The Labute approximate surface area is 179 Å². The predicted molar refractivity (Wildman–Crippen MR) is 115 cm³/mol. The fourth-order valence-electron chi connectivity index (χ4n) is 2.92. The molecule has 2 N–H and O–H groups in total. The molecule has 156 valence electrons. The van der Waals surface area contributed by atoms with Gasteiger partial charge in [-0.2, -0.15) is 0 Å². The van der Waals surface area contributed by atoms with E-state index in [9.17, 15) is 14.4 Å². The zero-order valence-corrected chi connectivity index (χ0v) is 17.2. The van der Waals surface area contributed by atoms with Gasteiger partial charge in [0.1, 0.15) is 0 Å². The van der Waals surface area contributed by atoms with Crippen molar-refractivity contribution in [1.29, 1.82) is 0 Å². The van der Waals surface area contributed by atoms with E-state index in [1.54, 1.807) is 29.2 Å². The van der Waals surface area contributed by atoms with E-state index in [0.717, 1.165) is 0 Å². The minimum Gasteiger partial charge on any atom is -0.465 e. The second-order valence-electron chi connectivity index (χ2n) is 6.43. The number of nitrogens with zero attached hydrogens (tertiary/aromatic N) is 1. The van der Waals surface area contributed by atoms with Crippen molar-refractivity contribution >= 4 is 40.8 Å². The van der Waals surface area contributed by atoms with Gasteiger partial charge in [-0.05, 0) is 48.6 Å². The van der Waals surface area contributed by atoms with E-state index in [1.807, 2.05) is 0 Å². The van der Waals surface area contributed by atoms with Gasteiger partial charge in [-0.15, -0.1) is 0 Å². The van der Waals surface area contributed by atoms with E-state index < -0.39 is 11.9 Å². The van der Waals surface area contributed by atoms with E-state index >= 15 is 0 Å². The molecule has 1 saturated heterocycles. The second kappa shape index (κ2) is 9.95. The normalized spacial score (nSPS) is 13.3. The average Bonchev–Trinajstić information content (AvgIpc) is 2.79. The number of anilines is 1. The van der Waals surface area contributed by atoms with E-state index in [1.165, 1.54) is 31.4 Å². The Hall–Kier alpha value is -3.30. The monoisotopic (exact) mass is 427 g/mol. The van der Waals surface area contributed by atoms with Gasteiger partial charge in [0, 0.05) is 18.7 Å². The Kier molecular flexibility index (Phi) is 7.10. The zero-order valence-electron chi connectivity index (χ0n) is 16.3. The van der Waals surface area contributed by atoms with Gasteiger partial charge in [0.25, 0.3) is 11.8 Å². The van der Waals surface area contributed by atoms with Gasteiger partial charge in [0.2, 0.25) is 0 Å². The molecule has 0 spiro atoms. The minimum atomic E-state index is -0.485. The number of carbonyl (C=O) groups is 3. The first-order chi connectivity index (χ1) is 14.5. The molecule has 0 unspecified atom stereocenters. The summed E-state index contributed by atoms with van der Waals surface area (Å²) in [5, 5.41) is 5.54. The first-order valence-corrected chi connectivity index (χ1v) is 9.67. The highest BCUT2D eigenvalue weighted by atomic mass is 32.1. The fourth-order valence-corrected chi connectivity index (χ4v) is 3.12. The molecule has 1 aliphatic rings. The summed E-state index contributed by atoms with van der Waals surface area (Å²) in [7, 11) is 1.29. The van der Waals surface area contributed by atoms with Crippen LogP contribution in [0.1, 0.15) is 31.1 Å². The van der Waals surface area contributed by atoms with E-state index in [4.69, 9.17) is 17.0 Å². The van der Waals surface area contributed by atoms with Crippen LogP contribution in [0.3, 0.4) is 0 Å². The summed E-state index contributed by atoms with van der Waals surface area (Å²) in [6.45, 7) is 2.06. The lowest BCUT2D eigenvalue weighted by molar-refractivity contribution is 0.0303. The van der Waals surface area contributed by atoms with Crippen molar-refractivity contribution in [3.63, 3.8) is 0 Å². The summed E-state index contributed by atoms with van der Waals surface area (Å²) in [4.78, 5) is 38.4. The van der Waals surface area contributed by atoms with Crippen molar-refractivity contribution in [3.05, 3.63) is 65.2 Å². The molecule has 2 aromatic rings. The highest BCUT2D eigenvalue weighted by Gasteiger charge is 2.21. The van der Waals surface area contributed by atoms with Crippen molar-refractivity contribution in [2.24, 2.45) is 0 Å². The van der Waals surface area contributed by atoms with Gasteiger partial charge in [-0.3, -0.25) is 14.9 Å². The molecular weight excluding hydrogens is 406 g/mol. The molecule has 0 saturated carbocycles. The number of morpholine rings is 1. The number of rotatable bonds is 4. The lowest BCUT2D eigenvalue weighted by atomic mass is 10.1. The molecule has 2 amide bonds. The van der Waals surface area contributed by atoms with Crippen LogP contribution in [0.25, 0.3) is 0 Å². The van der Waals surface area contributed by atoms with Crippen molar-refractivity contribution < 1.29 is 23.9 Å². The van der Waals surface area contributed by atoms with Gasteiger partial charge >= 0.3 is 5.97 Å². The summed E-state index contributed by atoms with van der Waals surface area (Å²) < 4.78 is 9.92. The number of thiocarbonyl (C=S) groups is 1. The minimum absolute atomic E-state index is 0.0549.